The van der Waals surface area contributed by atoms with Gasteiger partial charge in [0.05, 0.1) is 17.2 Å². The summed E-state index contributed by atoms with van der Waals surface area (Å²) in [4.78, 5) is 10.8. The second-order valence-corrected chi connectivity index (χ2v) is 7.59. The molecule has 122 valence electrons. The van der Waals surface area contributed by atoms with Crippen LogP contribution < -0.4 is 0 Å². The van der Waals surface area contributed by atoms with E-state index in [-0.39, 0.29) is 21.4 Å². The van der Waals surface area contributed by atoms with Gasteiger partial charge in [0.1, 0.15) is 4.90 Å². The van der Waals surface area contributed by atoms with Gasteiger partial charge in [-0.2, -0.15) is 4.31 Å². The molecule has 0 aliphatic carbocycles. The van der Waals surface area contributed by atoms with Crippen LogP contribution in [0.2, 0.25) is 5.02 Å². The molecule has 0 spiro atoms. The smallest absolute Gasteiger partial charge is 0.335 e. The third kappa shape index (κ3) is 3.60. The van der Waals surface area contributed by atoms with Crippen molar-refractivity contribution in [2.45, 2.75) is 17.7 Å². The Balaban J connectivity index is 2.28. The van der Waals surface area contributed by atoms with E-state index in [4.69, 9.17) is 21.4 Å². The molecule has 0 radical (unpaired) electrons. The van der Waals surface area contributed by atoms with Crippen molar-refractivity contribution in [3.8, 4) is 0 Å². The number of sulfonamides is 1. The summed E-state index contributed by atoms with van der Waals surface area (Å²) in [6.45, 7) is 1.32. The van der Waals surface area contributed by atoms with Gasteiger partial charge in [-0.05, 0) is 37.0 Å². The van der Waals surface area contributed by atoms with Crippen molar-refractivity contribution >= 4 is 27.6 Å². The Morgan fingerprint density at radius 2 is 2.23 bits per heavy atom. The van der Waals surface area contributed by atoms with Crippen molar-refractivity contribution < 1.29 is 23.1 Å². The van der Waals surface area contributed by atoms with Gasteiger partial charge in [-0.15, -0.1) is 0 Å². The van der Waals surface area contributed by atoms with Crippen LogP contribution in [0.15, 0.2) is 23.1 Å². The van der Waals surface area contributed by atoms with Crippen LogP contribution in [0.4, 0.5) is 0 Å². The van der Waals surface area contributed by atoms with E-state index in [9.17, 15) is 13.2 Å². The number of halogens is 1. The normalized spacial score (nSPS) is 20.0. The minimum atomic E-state index is -3.73. The predicted octanol–water partition coefficient (Wildman–Crippen LogP) is 2.09. The van der Waals surface area contributed by atoms with Gasteiger partial charge in [-0.3, -0.25) is 0 Å². The summed E-state index contributed by atoms with van der Waals surface area (Å²) in [7, 11) is -2.14. The number of hydrogen-bond acceptors (Lipinski definition) is 4. The van der Waals surface area contributed by atoms with E-state index < -0.39 is 16.0 Å². The molecule has 6 nitrogen and oxygen atoms in total. The first-order valence-corrected chi connectivity index (χ1v) is 8.70. The number of benzene rings is 1. The molecule has 22 heavy (non-hydrogen) atoms. The summed E-state index contributed by atoms with van der Waals surface area (Å²) in [5, 5.41) is 8.84. The second kappa shape index (κ2) is 6.95. The van der Waals surface area contributed by atoms with E-state index in [0.717, 1.165) is 18.9 Å². The topological polar surface area (TPSA) is 83.9 Å². The van der Waals surface area contributed by atoms with Gasteiger partial charge in [0, 0.05) is 20.2 Å². The molecule has 1 saturated heterocycles. The second-order valence-electron chi connectivity index (χ2n) is 5.28. The summed E-state index contributed by atoms with van der Waals surface area (Å²) in [6, 6.07) is 3.66. The van der Waals surface area contributed by atoms with Crippen molar-refractivity contribution in [1.82, 2.24) is 4.31 Å². The van der Waals surface area contributed by atoms with Crippen LogP contribution >= 0.6 is 11.6 Å². The number of carboxylic acids is 1. The zero-order chi connectivity index (χ0) is 16.3. The molecule has 1 atom stereocenters. The lowest BCUT2D eigenvalue weighted by Crippen LogP contribution is -2.41. The molecule has 1 unspecified atom stereocenters. The van der Waals surface area contributed by atoms with Crippen molar-refractivity contribution in [2.75, 3.05) is 26.8 Å². The Kier molecular flexibility index (Phi) is 5.44. The number of rotatable bonds is 5. The number of hydrogen-bond donors (Lipinski definition) is 1. The standard InChI is InChI=1S/C14H18ClNO5S/c1-21-9-10-3-2-6-16(8-10)22(19,20)13-5-4-11(14(17)18)7-12(13)15/h4-5,7,10H,2-3,6,8-9H2,1H3,(H,17,18). The van der Waals surface area contributed by atoms with E-state index in [1.807, 2.05) is 0 Å². The quantitative estimate of drug-likeness (QED) is 0.881. The highest BCUT2D eigenvalue weighted by atomic mass is 35.5. The number of methoxy groups -OCH3 is 1. The van der Waals surface area contributed by atoms with Gasteiger partial charge in [0.2, 0.25) is 10.0 Å². The largest absolute Gasteiger partial charge is 0.478 e. The fourth-order valence-electron chi connectivity index (χ4n) is 2.60. The Morgan fingerprint density at radius 1 is 1.50 bits per heavy atom. The Bertz CT molecular complexity index is 659. The van der Waals surface area contributed by atoms with E-state index in [0.29, 0.717) is 19.7 Å². The highest BCUT2D eigenvalue weighted by Crippen LogP contribution is 2.29. The average molecular weight is 348 g/mol. The van der Waals surface area contributed by atoms with Gasteiger partial charge in [0.15, 0.2) is 0 Å². The van der Waals surface area contributed by atoms with Crippen LogP contribution in [0.25, 0.3) is 0 Å². The molecule has 1 aliphatic rings. The van der Waals surface area contributed by atoms with Crippen LogP contribution in [0, 0.1) is 5.92 Å². The van der Waals surface area contributed by atoms with Gasteiger partial charge in [-0.25, -0.2) is 13.2 Å². The number of carboxylic acid groups (broad SMARTS) is 1. The maximum atomic E-state index is 12.7. The molecule has 1 aromatic rings. The predicted molar refractivity (Wildman–Crippen MR) is 81.8 cm³/mol. The maximum Gasteiger partial charge on any atom is 0.335 e. The van der Waals surface area contributed by atoms with Crippen molar-refractivity contribution in [3.63, 3.8) is 0 Å². The Labute approximate surface area is 134 Å². The molecule has 8 heteroatoms. The monoisotopic (exact) mass is 347 g/mol. The summed E-state index contributed by atoms with van der Waals surface area (Å²) in [5.41, 5.74) is -0.0418. The zero-order valence-electron chi connectivity index (χ0n) is 12.2. The first-order valence-electron chi connectivity index (χ1n) is 6.88. The van der Waals surface area contributed by atoms with E-state index in [2.05, 4.69) is 0 Å². The zero-order valence-corrected chi connectivity index (χ0v) is 13.7. The fourth-order valence-corrected chi connectivity index (χ4v) is 4.67. The van der Waals surface area contributed by atoms with Gasteiger partial charge < -0.3 is 9.84 Å². The van der Waals surface area contributed by atoms with Gasteiger partial charge in [-0.1, -0.05) is 11.6 Å². The third-order valence-corrected chi connectivity index (χ3v) is 6.03. The first-order chi connectivity index (χ1) is 10.4. The lowest BCUT2D eigenvalue weighted by Gasteiger charge is -2.31. The summed E-state index contributed by atoms with van der Waals surface area (Å²) < 4.78 is 31.9. The van der Waals surface area contributed by atoms with E-state index in [1.165, 1.54) is 16.4 Å². The van der Waals surface area contributed by atoms with E-state index in [1.54, 1.807) is 7.11 Å². The number of nitrogens with zero attached hydrogens (tertiary/aromatic N) is 1. The van der Waals surface area contributed by atoms with Crippen molar-refractivity contribution in [1.29, 1.82) is 0 Å². The molecule has 1 aliphatic heterocycles. The summed E-state index contributed by atoms with van der Waals surface area (Å²) >= 11 is 5.98. The molecule has 2 rings (SSSR count). The SMILES string of the molecule is COCC1CCCN(S(=O)(=O)c2ccc(C(=O)O)cc2Cl)C1. The van der Waals surface area contributed by atoms with E-state index >= 15 is 0 Å². The summed E-state index contributed by atoms with van der Waals surface area (Å²) in [5.74, 6) is -0.991. The summed E-state index contributed by atoms with van der Waals surface area (Å²) in [6.07, 6.45) is 1.68. The molecular formula is C14H18ClNO5S. The molecule has 1 N–H and O–H groups in total. The van der Waals surface area contributed by atoms with Crippen molar-refractivity contribution in [2.24, 2.45) is 5.92 Å². The highest BCUT2D eigenvalue weighted by molar-refractivity contribution is 7.89. The molecule has 1 heterocycles. The number of aromatic carboxylic acids is 1. The molecule has 0 saturated carbocycles. The maximum absolute atomic E-state index is 12.7. The minimum absolute atomic E-state index is 0.0418. The van der Waals surface area contributed by atoms with Crippen molar-refractivity contribution in [3.05, 3.63) is 28.8 Å². The highest BCUT2D eigenvalue weighted by Gasteiger charge is 2.31. The van der Waals surface area contributed by atoms with Gasteiger partial charge >= 0.3 is 5.97 Å². The number of ether oxygens (including phenoxy) is 1. The third-order valence-electron chi connectivity index (χ3n) is 3.68. The Hall–Kier alpha value is -1.15. The molecule has 0 aromatic heterocycles. The number of carbonyl (C=O) groups is 1. The molecule has 0 bridgehead atoms. The molecule has 1 aromatic carbocycles. The lowest BCUT2D eigenvalue weighted by molar-refractivity contribution is 0.0696. The lowest BCUT2D eigenvalue weighted by atomic mass is 10.0. The molecular weight excluding hydrogens is 330 g/mol. The van der Waals surface area contributed by atoms with Crippen LogP contribution in [0.5, 0.6) is 0 Å². The Morgan fingerprint density at radius 3 is 2.82 bits per heavy atom. The molecule has 1 fully saturated rings. The van der Waals surface area contributed by atoms with Crippen LogP contribution in [0.3, 0.4) is 0 Å². The minimum Gasteiger partial charge on any atom is -0.478 e. The van der Waals surface area contributed by atoms with Crippen LogP contribution in [0.1, 0.15) is 23.2 Å². The van der Waals surface area contributed by atoms with Gasteiger partial charge in [0.25, 0.3) is 0 Å². The fraction of sp³-hybridized carbons (Fsp3) is 0.500. The molecule has 0 amide bonds. The van der Waals surface area contributed by atoms with Crippen LogP contribution in [-0.2, 0) is 14.8 Å². The first kappa shape index (κ1) is 17.2. The number of piperidine rings is 1. The van der Waals surface area contributed by atoms with Crippen LogP contribution in [-0.4, -0.2) is 50.6 Å². The average Bonchev–Trinajstić information content (AvgIpc) is 2.47.